The highest BCUT2D eigenvalue weighted by Crippen LogP contribution is 2.29. The average molecular weight is 402 g/mol. The van der Waals surface area contributed by atoms with Crippen LogP contribution in [0.1, 0.15) is 68.6 Å². The number of Topliss-reactive ketones (excluding diaryl/α,β-unsaturated/α-hetero) is 1. The topological polar surface area (TPSA) is 69.4 Å². The second-order valence-electron chi connectivity index (χ2n) is 7.10. The molecule has 1 aromatic heterocycles. The molecular weight excluding hydrogens is 370 g/mol. The van der Waals surface area contributed by atoms with Crippen LogP contribution in [0, 0.1) is 0 Å². The van der Waals surface area contributed by atoms with Crippen molar-refractivity contribution in [2.24, 2.45) is 5.73 Å². The summed E-state index contributed by atoms with van der Waals surface area (Å²) in [5.41, 5.74) is 7.62. The van der Waals surface area contributed by atoms with Crippen molar-refractivity contribution in [3.8, 4) is 10.4 Å². The Hall–Kier alpha value is -1.98. The number of rotatable bonds is 13. The molecule has 152 valence electrons. The molecule has 1 aromatic carbocycles. The number of thiophene rings is 1. The van der Waals surface area contributed by atoms with E-state index in [9.17, 15) is 9.59 Å². The molecule has 0 amide bonds. The van der Waals surface area contributed by atoms with Crippen molar-refractivity contribution < 1.29 is 14.3 Å². The smallest absolute Gasteiger partial charge is 0.307 e. The first-order valence-electron chi connectivity index (χ1n) is 10.2. The summed E-state index contributed by atoms with van der Waals surface area (Å²) < 4.78 is 5.26. The molecule has 1 heterocycles. The van der Waals surface area contributed by atoms with Crippen LogP contribution in [0.15, 0.2) is 41.8 Å². The number of unbranched alkanes of at least 4 members (excludes halogenated alkanes) is 5. The van der Waals surface area contributed by atoms with Crippen LogP contribution in [0.2, 0.25) is 0 Å². The number of hydrogen-bond acceptors (Lipinski definition) is 5. The Kier molecular flexibility index (Phi) is 9.94. The standard InChI is InChI=1S/C23H31NO3S/c1-2-3-4-5-6-9-14-27-23(26)17-18(24)16-21(25)19-11-7-8-12-20(19)22-13-10-15-28-22/h7-8,10-13,15,18H,2-6,9,14,16-17,24H2,1H3. The van der Waals surface area contributed by atoms with Gasteiger partial charge in [-0.15, -0.1) is 11.3 Å². The Bertz CT molecular complexity index is 727. The van der Waals surface area contributed by atoms with Crippen molar-refractivity contribution in [3.63, 3.8) is 0 Å². The van der Waals surface area contributed by atoms with Crippen molar-refractivity contribution in [2.75, 3.05) is 6.61 Å². The Balaban J connectivity index is 1.75. The molecule has 2 aromatic rings. The van der Waals surface area contributed by atoms with Gasteiger partial charge in [-0.2, -0.15) is 0 Å². The summed E-state index contributed by atoms with van der Waals surface area (Å²) in [6.07, 6.45) is 7.08. The minimum absolute atomic E-state index is 0.0415. The predicted octanol–water partition coefficient (Wildman–Crippen LogP) is 5.61. The molecule has 0 fully saturated rings. The summed E-state index contributed by atoms with van der Waals surface area (Å²) in [4.78, 5) is 25.7. The van der Waals surface area contributed by atoms with Crippen molar-refractivity contribution in [1.29, 1.82) is 0 Å². The van der Waals surface area contributed by atoms with Gasteiger partial charge >= 0.3 is 5.97 Å². The van der Waals surface area contributed by atoms with Crippen LogP contribution >= 0.6 is 11.3 Å². The minimum Gasteiger partial charge on any atom is -0.466 e. The molecule has 0 aliphatic heterocycles. The Morgan fingerprint density at radius 2 is 1.75 bits per heavy atom. The average Bonchev–Trinajstić information content (AvgIpc) is 3.21. The van der Waals surface area contributed by atoms with E-state index in [4.69, 9.17) is 10.5 Å². The van der Waals surface area contributed by atoms with Crippen LogP contribution in [-0.4, -0.2) is 24.4 Å². The first kappa shape index (κ1) is 22.3. The maximum Gasteiger partial charge on any atom is 0.307 e. The summed E-state index contributed by atoms with van der Waals surface area (Å²) >= 11 is 1.60. The lowest BCUT2D eigenvalue weighted by Gasteiger charge is -2.12. The molecule has 4 nitrogen and oxygen atoms in total. The van der Waals surface area contributed by atoms with Gasteiger partial charge in [0.25, 0.3) is 0 Å². The number of ketones is 1. The fraction of sp³-hybridized carbons (Fsp3) is 0.478. The van der Waals surface area contributed by atoms with Crippen molar-refractivity contribution in [1.82, 2.24) is 0 Å². The first-order chi connectivity index (χ1) is 13.6. The van der Waals surface area contributed by atoms with E-state index in [0.717, 1.165) is 23.3 Å². The molecule has 2 N–H and O–H groups in total. The third-order valence-electron chi connectivity index (χ3n) is 4.65. The second-order valence-corrected chi connectivity index (χ2v) is 8.05. The van der Waals surface area contributed by atoms with Gasteiger partial charge in [-0.3, -0.25) is 9.59 Å². The molecule has 0 saturated carbocycles. The van der Waals surface area contributed by atoms with Crippen LogP contribution in [-0.2, 0) is 9.53 Å². The van der Waals surface area contributed by atoms with Gasteiger partial charge in [0.05, 0.1) is 13.0 Å². The molecule has 28 heavy (non-hydrogen) atoms. The molecule has 0 bridgehead atoms. The molecule has 1 unspecified atom stereocenters. The van der Waals surface area contributed by atoms with E-state index in [1.807, 2.05) is 41.8 Å². The van der Waals surface area contributed by atoms with Gasteiger partial charge in [-0.25, -0.2) is 0 Å². The molecule has 0 aliphatic carbocycles. The van der Waals surface area contributed by atoms with E-state index in [2.05, 4.69) is 6.92 Å². The number of carbonyl (C=O) groups excluding carboxylic acids is 2. The fourth-order valence-electron chi connectivity index (χ4n) is 3.13. The van der Waals surface area contributed by atoms with Gasteiger partial charge in [0, 0.05) is 28.5 Å². The normalized spacial score (nSPS) is 11.9. The van der Waals surface area contributed by atoms with Crippen LogP contribution < -0.4 is 5.73 Å². The third kappa shape index (κ3) is 7.56. The molecule has 0 radical (unpaired) electrons. The largest absolute Gasteiger partial charge is 0.466 e. The third-order valence-corrected chi connectivity index (χ3v) is 5.55. The molecule has 2 rings (SSSR count). The lowest BCUT2D eigenvalue weighted by atomic mass is 9.97. The van der Waals surface area contributed by atoms with E-state index in [1.165, 1.54) is 25.7 Å². The number of hydrogen-bond donors (Lipinski definition) is 1. The zero-order valence-corrected chi connectivity index (χ0v) is 17.5. The summed E-state index contributed by atoms with van der Waals surface area (Å²) in [7, 11) is 0. The maximum absolute atomic E-state index is 12.7. The number of carbonyl (C=O) groups is 2. The fourth-order valence-corrected chi connectivity index (χ4v) is 3.90. The van der Waals surface area contributed by atoms with E-state index in [1.54, 1.807) is 11.3 Å². The second kappa shape index (κ2) is 12.5. The van der Waals surface area contributed by atoms with Crippen molar-refractivity contribution >= 4 is 23.1 Å². The van der Waals surface area contributed by atoms with Gasteiger partial charge in [0.15, 0.2) is 5.78 Å². The Morgan fingerprint density at radius 1 is 1.00 bits per heavy atom. The van der Waals surface area contributed by atoms with Crippen LogP contribution in [0.3, 0.4) is 0 Å². The van der Waals surface area contributed by atoms with Gasteiger partial charge in [0.1, 0.15) is 0 Å². The van der Waals surface area contributed by atoms with Gasteiger partial charge in [0.2, 0.25) is 0 Å². The quantitative estimate of drug-likeness (QED) is 0.269. The maximum atomic E-state index is 12.7. The molecule has 0 spiro atoms. The summed E-state index contributed by atoms with van der Waals surface area (Å²) in [5, 5.41) is 1.99. The van der Waals surface area contributed by atoms with Gasteiger partial charge in [-0.1, -0.05) is 69.4 Å². The van der Waals surface area contributed by atoms with Crippen molar-refractivity contribution in [2.45, 2.75) is 64.3 Å². The Morgan fingerprint density at radius 3 is 2.50 bits per heavy atom. The molecule has 5 heteroatoms. The Labute approximate surface area is 172 Å². The number of benzene rings is 1. The summed E-state index contributed by atoms with van der Waals surface area (Å²) in [6, 6.07) is 11.0. The lowest BCUT2D eigenvalue weighted by molar-refractivity contribution is -0.144. The van der Waals surface area contributed by atoms with Crippen LogP contribution in [0.5, 0.6) is 0 Å². The number of ether oxygens (including phenoxy) is 1. The van der Waals surface area contributed by atoms with E-state index < -0.39 is 6.04 Å². The number of esters is 1. The van der Waals surface area contributed by atoms with Crippen LogP contribution in [0.4, 0.5) is 0 Å². The summed E-state index contributed by atoms with van der Waals surface area (Å²) in [5.74, 6) is -0.361. The molecule has 0 saturated heterocycles. The molecule has 1 atom stereocenters. The highest BCUT2D eigenvalue weighted by atomic mass is 32.1. The van der Waals surface area contributed by atoms with Crippen LogP contribution in [0.25, 0.3) is 10.4 Å². The molecule has 0 aliphatic rings. The zero-order chi connectivity index (χ0) is 20.2. The monoisotopic (exact) mass is 401 g/mol. The minimum atomic E-state index is -0.527. The zero-order valence-electron chi connectivity index (χ0n) is 16.7. The van der Waals surface area contributed by atoms with E-state index >= 15 is 0 Å². The van der Waals surface area contributed by atoms with Crippen molar-refractivity contribution in [3.05, 3.63) is 47.3 Å². The van der Waals surface area contributed by atoms with E-state index in [-0.39, 0.29) is 24.6 Å². The van der Waals surface area contributed by atoms with Gasteiger partial charge in [-0.05, 0) is 17.9 Å². The first-order valence-corrected chi connectivity index (χ1v) is 11.1. The SMILES string of the molecule is CCCCCCCCOC(=O)CC(N)CC(=O)c1ccccc1-c1cccs1. The van der Waals surface area contributed by atoms with E-state index in [0.29, 0.717) is 12.2 Å². The highest BCUT2D eigenvalue weighted by molar-refractivity contribution is 7.13. The highest BCUT2D eigenvalue weighted by Gasteiger charge is 2.18. The lowest BCUT2D eigenvalue weighted by Crippen LogP contribution is -2.28. The number of nitrogens with two attached hydrogens (primary N) is 1. The summed E-state index contributed by atoms with van der Waals surface area (Å²) in [6.45, 7) is 2.63. The predicted molar refractivity (Wildman–Crippen MR) is 116 cm³/mol. The molecular formula is C23H31NO3S. The van der Waals surface area contributed by atoms with Gasteiger partial charge < -0.3 is 10.5 Å².